The van der Waals surface area contributed by atoms with Crippen molar-refractivity contribution in [1.29, 1.82) is 0 Å². The van der Waals surface area contributed by atoms with E-state index in [-0.39, 0.29) is 5.91 Å². The summed E-state index contributed by atoms with van der Waals surface area (Å²) < 4.78 is 1.83. The zero-order chi connectivity index (χ0) is 22.6. The number of carbonyl (C=O) groups is 1. The number of rotatable bonds is 5. The summed E-state index contributed by atoms with van der Waals surface area (Å²) in [4.78, 5) is 25.2. The first kappa shape index (κ1) is 21.6. The lowest BCUT2D eigenvalue weighted by Crippen LogP contribution is -2.27. The minimum absolute atomic E-state index is 0.173. The number of thiazole rings is 1. The summed E-state index contributed by atoms with van der Waals surface area (Å²) in [6.07, 6.45) is 8.09. The molecule has 1 aliphatic heterocycles. The lowest BCUT2D eigenvalue weighted by molar-refractivity contribution is 0.0950. The van der Waals surface area contributed by atoms with Gasteiger partial charge in [-0.1, -0.05) is 49.6 Å². The van der Waals surface area contributed by atoms with Gasteiger partial charge in [0.2, 0.25) is 0 Å². The Morgan fingerprint density at radius 3 is 2.58 bits per heavy atom. The monoisotopic (exact) mass is 460 g/mol. The summed E-state index contributed by atoms with van der Waals surface area (Å²) >= 11 is 1.36. The average Bonchev–Trinajstić information content (AvgIpc) is 3.43. The number of amides is 1. The van der Waals surface area contributed by atoms with Crippen LogP contribution in [-0.4, -0.2) is 38.7 Å². The van der Waals surface area contributed by atoms with Crippen LogP contribution in [0.4, 0.5) is 5.82 Å². The van der Waals surface area contributed by atoms with Crippen LogP contribution < -0.4 is 10.2 Å². The third-order valence-electron chi connectivity index (χ3n) is 6.08. The molecule has 0 atom stereocenters. The number of aromatic nitrogens is 4. The molecule has 0 aliphatic carbocycles. The SMILES string of the molecule is Cn1nc(-c2cnc(C(=O)NCc3ccccc3)s2)c2ccc(N3CCCCCCC3)nc21. The Hall–Kier alpha value is -3.26. The van der Waals surface area contributed by atoms with E-state index in [9.17, 15) is 4.79 Å². The number of pyridine rings is 1. The second-order valence-corrected chi connectivity index (χ2v) is 9.50. The normalized spacial score (nSPS) is 14.8. The molecule has 0 bridgehead atoms. The van der Waals surface area contributed by atoms with Crippen LogP contribution in [0.1, 0.15) is 47.5 Å². The van der Waals surface area contributed by atoms with Crippen molar-refractivity contribution in [2.75, 3.05) is 18.0 Å². The first-order valence-electron chi connectivity index (χ1n) is 11.6. The Kier molecular flexibility index (Phi) is 6.35. The summed E-state index contributed by atoms with van der Waals surface area (Å²) in [5.41, 5.74) is 2.73. The van der Waals surface area contributed by atoms with Gasteiger partial charge in [0.1, 0.15) is 11.5 Å². The van der Waals surface area contributed by atoms with Gasteiger partial charge >= 0.3 is 0 Å². The Morgan fingerprint density at radius 1 is 1.03 bits per heavy atom. The Morgan fingerprint density at radius 2 is 1.79 bits per heavy atom. The Bertz CT molecular complexity index is 1240. The number of hydrogen-bond acceptors (Lipinski definition) is 6. The maximum Gasteiger partial charge on any atom is 0.280 e. The molecule has 0 unspecified atom stereocenters. The van der Waals surface area contributed by atoms with Crippen LogP contribution in [0, 0.1) is 0 Å². The lowest BCUT2D eigenvalue weighted by Gasteiger charge is -2.25. The molecule has 1 amide bonds. The van der Waals surface area contributed by atoms with Crippen LogP contribution in [0.15, 0.2) is 48.7 Å². The first-order valence-corrected chi connectivity index (χ1v) is 12.4. The molecule has 4 heterocycles. The molecular formula is C25H28N6OS. The van der Waals surface area contributed by atoms with Gasteiger partial charge in [0.15, 0.2) is 10.7 Å². The molecule has 33 heavy (non-hydrogen) atoms. The van der Waals surface area contributed by atoms with Crippen LogP contribution in [-0.2, 0) is 13.6 Å². The molecule has 0 spiro atoms. The van der Waals surface area contributed by atoms with Gasteiger partial charge in [-0.05, 0) is 30.5 Å². The van der Waals surface area contributed by atoms with Crippen LogP contribution in [0.5, 0.6) is 0 Å². The van der Waals surface area contributed by atoms with Crippen LogP contribution in [0.2, 0.25) is 0 Å². The van der Waals surface area contributed by atoms with Crippen molar-refractivity contribution in [3.63, 3.8) is 0 Å². The number of nitrogens with zero attached hydrogens (tertiary/aromatic N) is 5. The first-order chi connectivity index (χ1) is 16.2. The highest BCUT2D eigenvalue weighted by molar-refractivity contribution is 7.17. The van der Waals surface area contributed by atoms with E-state index in [1.54, 1.807) is 6.20 Å². The van der Waals surface area contributed by atoms with E-state index in [1.165, 1.54) is 43.4 Å². The summed E-state index contributed by atoms with van der Waals surface area (Å²) in [5, 5.41) is 9.08. The highest BCUT2D eigenvalue weighted by Crippen LogP contribution is 2.32. The number of nitrogens with one attached hydrogen (secondary N) is 1. The van der Waals surface area contributed by atoms with Crippen LogP contribution >= 0.6 is 11.3 Å². The maximum atomic E-state index is 12.6. The number of fused-ring (bicyclic) bond motifs is 1. The maximum absolute atomic E-state index is 12.6. The molecule has 1 saturated heterocycles. The zero-order valence-electron chi connectivity index (χ0n) is 18.8. The fraction of sp³-hybridized carbons (Fsp3) is 0.360. The van der Waals surface area contributed by atoms with Gasteiger partial charge in [-0.25, -0.2) is 14.6 Å². The summed E-state index contributed by atoms with van der Waals surface area (Å²) in [7, 11) is 1.92. The second-order valence-electron chi connectivity index (χ2n) is 8.47. The minimum atomic E-state index is -0.173. The van der Waals surface area contributed by atoms with E-state index >= 15 is 0 Å². The minimum Gasteiger partial charge on any atom is -0.357 e. The molecule has 0 saturated carbocycles. The smallest absolute Gasteiger partial charge is 0.280 e. The molecule has 1 aliphatic rings. The van der Waals surface area contributed by atoms with Gasteiger partial charge in [0, 0.05) is 38.3 Å². The van der Waals surface area contributed by atoms with E-state index < -0.39 is 0 Å². The zero-order valence-corrected chi connectivity index (χ0v) is 19.6. The van der Waals surface area contributed by atoms with Crippen molar-refractivity contribution in [1.82, 2.24) is 25.1 Å². The molecule has 1 N–H and O–H groups in total. The fourth-order valence-corrected chi connectivity index (χ4v) is 5.13. The van der Waals surface area contributed by atoms with Gasteiger partial charge in [-0.15, -0.1) is 11.3 Å². The molecule has 1 fully saturated rings. The number of aryl methyl sites for hydroxylation is 1. The van der Waals surface area contributed by atoms with Gasteiger partial charge in [-0.3, -0.25) is 4.79 Å². The van der Waals surface area contributed by atoms with Crippen molar-refractivity contribution < 1.29 is 4.79 Å². The average molecular weight is 461 g/mol. The van der Waals surface area contributed by atoms with Crippen molar-refractivity contribution >= 4 is 34.1 Å². The highest BCUT2D eigenvalue weighted by atomic mass is 32.1. The molecule has 0 radical (unpaired) electrons. The van der Waals surface area contributed by atoms with E-state index in [0.717, 1.165) is 46.1 Å². The summed E-state index contributed by atoms with van der Waals surface area (Å²) in [6.45, 7) is 2.59. The second kappa shape index (κ2) is 9.70. The van der Waals surface area contributed by atoms with E-state index in [4.69, 9.17) is 10.1 Å². The van der Waals surface area contributed by atoms with Crippen molar-refractivity contribution in [2.45, 2.75) is 38.6 Å². The fourth-order valence-electron chi connectivity index (χ4n) is 4.30. The van der Waals surface area contributed by atoms with Crippen molar-refractivity contribution in [3.05, 3.63) is 59.2 Å². The van der Waals surface area contributed by atoms with Crippen molar-refractivity contribution in [3.8, 4) is 10.6 Å². The van der Waals surface area contributed by atoms with Gasteiger partial charge in [-0.2, -0.15) is 5.10 Å². The van der Waals surface area contributed by atoms with Gasteiger partial charge in [0.25, 0.3) is 5.91 Å². The lowest BCUT2D eigenvalue weighted by atomic mass is 10.1. The Balaban J connectivity index is 1.35. The van der Waals surface area contributed by atoms with Crippen molar-refractivity contribution in [2.24, 2.45) is 7.05 Å². The van der Waals surface area contributed by atoms with E-state index in [2.05, 4.69) is 27.3 Å². The van der Waals surface area contributed by atoms with E-state index in [1.807, 2.05) is 42.1 Å². The van der Waals surface area contributed by atoms with Gasteiger partial charge in [0.05, 0.1) is 4.88 Å². The predicted molar refractivity (Wildman–Crippen MR) is 133 cm³/mol. The largest absolute Gasteiger partial charge is 0.357 e. The predicted octanol–water partition coefficient (Wildman–Crippen LogP) is 4.79. The molecular weight excluding hydrogens is 432 g/mol. The molecule has 4 aromatic rings. The summed E-state index contributed by atoms with van der Waals surface area (Å²) in [5.74, 6) is 0.845. The number of anilines is 1. The van der Waals surface area contributed by atoms with Crippen LogP contribution in [0.25, 0.3) is 21.6 Å². The topological polar surface area (TPSA) is 75.9 Å². The highest BCUT2D eigenvalue weighted by Gasteiger charge is 2.19. The number of carbonyl (C=O) groups excluding carboxylic acids is 1. The molecule has 5 rings (SSSR count). The molecule has 3 aromatic heterocycles. The van der Waals surface area contributed by atoms with Gasteiger partial charge < -0.3 is 10.2 Å². The molecule has 1 aromatic carbocycles. The molecule has 170 valence electrons. The number of benzene rings is 1. The quantitative estimate of drug-likeness (QED) is 0.463. The summed E-state index contributed by atoms with van der Waals surface area (Å²) in [6, 6.07) is 14.1. The van der Waals surface area contributed by atoms with Crippen LogP contribution in [0.3, 0.4) is 0 Å². The third kappa shape index (κ3) is 4.75. The molecule has 7 nitrogen and oxygen atoms in total. The standard InChI is InChI=1S/C25H28N6OS/c1-30-23-19(12-13-21(28-23)31-14-8-3-2-4-9-15-31)22(29-30)20-17-27-25(33-20)24(32)26-16-18-10-6-5-7-11-18/h5-7,10-13,17H,2-4,8-9,14-16H2,1H3,(H,26,32). The number of hydrogen-bond donors (Lipinski definition) is 1. The van der Waals surface area contributed by atoms with E-state index in [0.29, 0.717) is 11.6 Å². The third-order valence-corrected chi connectivity index (χ3v) is 7.08. The molecule has 8 heteroatoms. The Labute approximate surface area is 197 Å².